The largest absolute Gasteiger partial charge is 0.492 e. The topological polar surface area (TPSA) is 78.6 Å². The molecule has 0 aliphatic heterocycles. The first-order valence-corrected chi connectivity index (χ1v) is 8.97. The van der Waals surface area contributed by atoms with Crippen LogP contribution >= 0.6 is 0 Å². The highest BCUT2D eigenvalue weighted by Crippen LogP contribution is 2.45. The molecule has 1 aliphatic carbocycles. The Morgan fingerprint density at radius 1 is 1.05 bits per heavy atom. The molecule has 6 heteroatoms. The van der Waals surface area contributed by atoms with Crippen LogP contribution in [0.2, 0.25) is 0 Å². The van der Waals surface area contributed by atoms with Crippen LogP contribution < -0.4 is 15.2 Å². The zero-order chi connectivity index (χ0) is 15.7. The molecule has 2 N–H and O–H groups in total. The number of sulfone groups is 1. The summed E-state index contributed by atoms with van der Waals surface area (Å²) in [6.07, 6.45) is 6.20. The van der Waals surface area contributed by atoms with Gasteiger partial charge >= 0.3 is 0 Å². The molecule has 5 nitrogen and oxygen atoms in total. The van der Waals surface area contributed by atoms with Crippen molar-refractivity contribution in [3.63, 3.8) is 0 Å². The van der Waals surface area contributed by atoms with E-state index in [0.29, 0.717) is 5.75 Å². The zero-order valence-corrected chi connectivity index (χ0v) is 13.6. The molecule has 2 rings (SSSR count). The lowest BCUT2D eigenvalue weighted by Crippen LogP contribution is -2.39. The van der Waals surface area contributed by atoms with E-state index in [1.54, 1.807) is 12.1 Å². The summed E-state index contributed by atoms with van der Waals surface area (Å²) in [5.74, 6) is 0.678. The van der Waals surface area contributed by atoms with Gasteiger partial charge < -0.3 is 15.2 Å². The zero-order valence-electron chi connectivity index (χ0n) is 12.8. The second-order valence-electron chi connectivity index (χ2n) is 5.67. The Morgan fingerprint density at radius 2 is 1.62 bits per heavy atom. The SMILES string of the molecule is COc1c(C2(N)CCCCC2)ccc(S(C)(=O)=O)c1OC. The van der Waals surface area contributed by atoms with Crippen LogP contribution in [0.5, 0.6) is 11.5 Å². The molecule has 0 spiro atoms. The Hall–Kier alpha value is -1.27. The smallest absolute Gasteiger partial charge is 0.179 e. The molecule has 1 aromatic carbocycles. The van der Waals surface area contributed by atoms with Crippen molar-refractivity contribution in [2.75, 3.05) is 20.5 Å². The lowest BCUT2D eigenvalue weighted by atomic mass is 9.77. The molecule has 1 aliphatic rings. The third-order valence-electron chi connectivity index (χ3n) is 4.17. The average Bonchev–Trinajstić information content (AvgIpc) is 2.45. The normalized spacial score (nSPS) is 18.3. The summed E-state index contributed by atoms with van der Waals surface area (Å²) in [5.41, 5.74) is 6.90. The van der Waals surface area contributed by atoms with E-state index < -0.39 is 15.4 Å². The Kier molecular flexibility index (Phi) is 4.49. The minimum Gasteiger partial charge on any atom is -0.492 e. The molecule has 118 valence electrons. The van der Waals surface area contributed by atoms with Gasteiger partial charge in [0.1, 0.15) is 4.90 Å². The average molecular weight is 313 g/mol. The molecule has 0 atom stereocenters. The second-order valence-corrected chi connectivity index (χ2v) is 7.65. The van der Waals surface area contributed by atoms with Crippen LogP contribution in [0.3, 0.4) is 0 Å². The fourth-order valence-corrected chi connectivity index (χ4v) is 3.90. The lowest BCUT2D eigenvalue weighted by molar-refractivity contribution is 0.280. The van der Waals surface area contributed by atoms with E-state index in [9.17, 15) is 8.42 Å². The summed E-state index contributed by atoms with van der Waals surface area (Å²) >= 11 is 0. The van der Waals surface area contributed by atoms with Gasteiger partial charge in [0.2, 0.25) is 0 Å². The molecule has 21 heavy (non-hydrogen) atoms. The van der Waals surface area contributed by atoms with Gasteiger partial charge in [0.15, 0.2) is 21.3 Å². The molecular formula is C15H23NO4S. The van der Waals surface area contributed by atoms with E-state index in [1.807, 2.05) is 0 Å². The van der Waals surface area contributed by atoms with Crippen molar-refractivity contribution in [1.82, 2.24) is 0 Å². The highest BCUT2D eigenvalue weighted by atomic mass is 32.2. The Labute approximate surface area is 126 Å². The van der Waals surface area contributed by atoms with Crippen LogP contribution in [-0.2, 0) is 15.4 Å². The maximum absolute atomic E-state index is 11.9. The van der Waals surface area contributed by atoms with E-state index in [-0.39, 0.29) is 10.6 Å². The van der Waals surface area contributed by atoms with Crippen molar-refractivity contribution < 1.29 is 17.9 Å². The first kappa shape index (κ1) is 16.1. The lowest BCUT2D eigenvalue weighted by Gasteiger charge is -2.35. The number of hydrogen-bond donors (Lipinski definition) is 1. The minimum atomic E-state index is -3.39. The molecule has 1 saturated carbocycles. The predicted octanol–water partition coefficient (Wildman–Crippen LogP) is 2.23. The Bertz CT molecular complexity index is 619. The van der Waals surface area contributed by atoms with Crippen LogP contribution in [-0.4, -0.2) is 28.9 Å². The van der Waals surface area contributed by atoms with Crippen LogP contribution in [0.4, 0.5) is 0 Å². The highest BCUT2D eigenvalue weighted by Gasteiger charge is 2.35. The summed E-state index contributed by atoms with van der Waals surface area (Å²) < 4.78 is 34.5. The molecule has 1 fully saturated rings. The van der Waals surface area contributed by atoms with Crippen molar-refractivity contribution in [3.05, 3.63) is 17.7 Å². The van der Waals surface area contributed by atoms with E-state index in [1.165, 1.54) is 20.6 Å². The molecular weight excluding hydrogens is 290 g/mol. The van der Waals surface area contributed by atoms with Gasteiger partial charge in [-0.25, -0.2) is 8.42 Å². The molecule has 0 amide bonds. The van der Waals surface area contributed by atoms with Gasteiger partial charge in [-0.2, -0.15) is 0 Å². The summed E-state index contributed by atoms with van der Waals surface area (Å²) in [6, 6.07) is 3.33. The molecule has 0 radical (unpaired) electrons. The number of ether oxygens (including phenoxy) is 2. The number of hydrogen-bond acceptors (Lipinski definition) is 5. The summed E-state index contributed by atoms with van der Waals surface area (Å²) in [6.45, 7) is 0. The molecule has 0 aromatic heterocycles. The van der Waals surface area contributed by atoms with Gasteiger partial charge in [0, 0.05) is 17.4 Å². The molecule has 0 saturated heterocycles. The number of rotatable bonds is 4. The second kappa shape index (κ2) is 5.85. The first-order chi connectivity index (χ1) is 9.83. The fourth-order valence-electron chi connectivity index (χ4n) is 3.08. The number of methoxy groups -OCH3 is 2. The summed E-state index contributed by atoms with van der Waals surface area (Å²) in [4.78, 5) is 0.130. The van der Waals surface area contributed by atoms with Crippen LogP contribution in [0.15, 0.2) is 17.0 Å². The summed E-state index contributed by atoms with van der Waals surface area (Å²) in [5, 5.41) is 0. The fraction of sp³-hybridized carbons (Fsp3) is 0.600. The third kappa shape index (κ3) is 3.01. The summed E-state index contributed by atoms with van der Waals surface area (Å²) in [7, 11) is -0.433. The van der Waals surface area contributed by atoms with Crippen molar-refractivity contribution in [3.8, 4) is 11.5 Å². The maximum Gasteiger partial charge on any atom is 0.179 e. The molecule has 0 bridgehead atoms. The van der Waals surface area contributed by atoms with Crippen molar-refractivity contribution in [2.45, 2.75) is 42.5 Å². The molecule has 0 unspecified atom stereocenters. The van der Waals surface area contributed by atoms with E-state index in [0.717, 1.165) is 37.5 Å². The number of nitrogens with two attached hydrogens (primary N) is 1. The predicted molar refractivity (Wildman–Crippen MR) is 81.6 cm³/mol. The van der Waals surface area contributed by atoms with Gasteiger partial charge in [-0.05, 0) is 18.9 Å². The quantitative estimate of drug-likeness (QED) is 0.922. The monoisotopic (exact) mass is 313 g/mol. The Balaban J connectivity index is 2.63. The van der Waals surface area contributed by atoms with Crippen molar-refractivity contribution >= 4 is 9.84 Å². The van der Waals surface area contributed by atoms with Crippen molar-refractivity contribution in [1.29, 1.82) is 0 Å². The van der Waals surface area contributed by atoms with Crippen LogP contribution in [0, 0.1) is 0 Å². The first-order valence-electron chi connectivity index (χ1n) is 7.08. The van der Waals surface area contributed by atoms with Gasteiger partial charge in [-0.1, -0.05) is 25.3 Å². The van der Waals surface area contributed by atoms with Crippen LogP contribution in [0.25, 0.3) is 0 Å². The van der Waals surface area contributed by atoms with Crippen molar-refractivity contribution in [2.24, 2.45) is 5.73 Å². The van der Waals surface area contributed by atoms with Gasteiger partial charge in [-0.15, -0.1) is 0 Å². The van der Waals surface area contributed by atoms with Crippen LogP contribution in [0.1, 0.15) is 37.7 Å². The maximum atomic E-state index is 11.9. The molecule has 0 heterocycles. The molecule has 1 aromatic rings. The van der Waals surface area contributed by atoms with Gasteiger partial charge in [0.25, 0.3) is 0 Å². The third-order valence-corrected chi connectivity index (χ3v) is 5.29. The van der Waals surface area contributed by atoms with E-state index >= 15 is 0 Å². The van der Waals surface area contributed by atoms with E-state index in [2.05, 4.69) is 0 Å². The number of benzene rings is 1. The minimum absolute atomic E-state index is 0.130. The highest BCUT2D eigenvalue weighted by molar-refractivity contribution is 7.90. The standard InChI is InChI=1S/C15H23NO4S/c1-19-13-11(15(16)9-5-4-6-10-15)7-8-12(14(13)20-2)21(3,17)18/h7-8H,4-6,9-10,16H2,1-3H3. The Morgan fingerprint density at radius 3 is 2.10 bits per heavy atom. The van der Waals surface area contributed by atoms with Gasteiger partial charge in [-0.3, -0.25) is 0 Å². The van der Waals surface area contributed by atoms with E-state index in [4.69, 9.17) is 15.2 Å². The van der Waals surface area contributed by atoms with Gasteiger partial charge in [0.05, 0.1) is 14.2 Å².